The van der Waals surface area contributed by atoms with Crippen LogP contribution in [0.25, 0.3) is 0 Å². The molecule has 0 spiro atoms. The number of nitrogens with one attached hydrogen (secondary N) is 1. The van der Waals surface area contributed by atoms with Crippen molar-refractivity contribution in [2.75, 3.05) is 0 Å². The molecule has 0 heterocycles. The van der Waals surface area contributed by atoms with E-state index in [1.807, 2.05) is 0 Å². The van der Waals surface area contributed by atoms with Crippen LogP contribution >= 0.6 is 11.6 Å². The number of carbonyl (C=O) groups is 1. The summed E-state index contributed by atoms with van der Waals surface area (Å²) in [5, 5.41) is 2.32. The number of benzene rings is 2. The maximum Gasteiger partial charge on any atom is 0.256 e. The van der Waals surface area contributed by atoms with Gasteiger partial charge in [0.2, 0.25) is 0 Å². The van der Waals surface area contributed by atoms with Gasteiger partial charge in [0.05, 0.1) is 10.6 Å². The lowest BCUT2D eigenvalue weighted by Gasteiger charge is -2.08. The van der Waals surface area contributed by atoms with Crippen molar-refractivity contribution in [3.05, 3.63) is 70.0 Å². The van der Waals surface area contributed by atoms with Gasteiger partial charge in [0.1, 0.15) is 17.5 Å². The van der Waals surface area contributed by atoms with Crippen molar-refractivity contribution in [3.8, 4) is 0 Å². The van der Waals surface area contributed by atoms with E-state index in [-0.39, 0.29) is 22.7 Å². The lowest BCUT2D eigenvalue weighted by Crippen LogP contribution is -2.24. The zero-order valence-corrected chi connectivity index (χ0v) is 10.8. The van der Waals surface area contributed by atoms with Crippen molar-refractivity contribution in [1.29, 1.82) is 0 Å². The molecule has 1 amide bonds. The summed E-state index contributed by atoms with van der Waals surface area (Å²) in [6.45, 7) is -0.141. The van der Waals surface area contributed by atoms with Gasteiger partial charge in [0, 0.05) is 12.6 Å². The molecule has 6 heteroatoms. The zero-order valence-electron chi connectivity index (χ0n) is 10.1. The Balaban J connectivity index is 2.13. The van der Waals surface area contributed by atoms with Gasteiger partial charge in [0.15, 0.2) is 0 Å². The summed E-state index contributed by atoms with van der Waals surface area (Å²) < 4.78 is 39.4. The summed E-state index contributed by atoms with van der Waals surface area (Å²) in [5.74, 6) is -3.02. The molecule has 0 aliphatic heterocycles. The Hall–Kier alpha value is -2.01. The molecule has 2 nitrogen and oxygen atoms in total. The Labute approximate surface area is 118 Å². The van der Waals surface area contributed by atoms with Crippen LogP contribution in [0.1, 0.15) is 15.9 Å². The average molecular weight is 300 g/mol. The van der Waals surface area contributed by atoms with Crippen molar-refractivity contribution in [2.24, 2.45) is 0 Å². The highest BCUT2D eigenvalue weighted by Gasteiger charge is 2.15. The molecule has 0 saturated carbocycles. The first-order chi connectivity index (χ1) is 9.47. The Bertz CT molecular complexity index is 620. The summed E-state index contributed by atoms with van der Waals surface area (Å²) in [5.41, 5.74) is -0.0747. The molecule has 0 aliphatic carbocycles. The van der Waals surface area contributed by atoms with Gasteiger partial charge in [-0.2, -0.15) is 0 Å². The van der Waals surface area contributed by atoms with Gasteiger partial charge >= 0.3 is 0 Å². The van der Waals surface area contributed by atoms with Crippen LogP contribution in [0.3, 0.4) is 0 Å². The number of carbonyl (C=O) groups excluding carboxylic acids is 1. The molecule has 0 aliphatic rings. The summed E-state index contributed by atoms with van der Waals surface area (Å²) in [6.07, 6.45) is 0. The normalized spacial score (nSPS) is 10.4. The number of halogens is 4. The molecular weight excluding hydrogens is 291 g/mol. The minimum Gasteiger partial charge on any atom is -0.348 e. The van der Waals surface area contributed by atoms with E-state index in [1.54, 1.807) is 0 Å². The molecule has 20 heavy (non-hydrogen) atoms. The van der Waals surface area contributed by atoms with Crippen LogP contribution in [0.4, 0.5) is 13.2 Å². The van der Waals surface area contributed by atoms with E-state index in [0.29, 0.717) is 0 Å². The van der Waals surface area contributed by atoms with Crippen molar-refractivity contribution in [1.82, 2.24) is 5.32 Å². The molecule has 0 radical (unpaired) electrons. The minimum absolute atomic E-state index is 0.0343. The van der Waals surface area contributed by atoms with Crippen LogP contribution in [-0.4, -0.2) is 5.91 Å². The molecule has 1 N–H and O–H groups in total. The van der Waals surface area contributed by atoms with Gasteiger partial charge in [0.25, 0.3) is 5.91 Å². The molecule has 0 fully saturated rings. The first-order valence-corrected chi connectivity index (χ1v) is 6.02. The van der Waals surface area contributed by atoms with Crippen LogP contribution in [-0.2, 0) is 6.54 Å². The zero-order chi connectivity index (χ0) is 14.7. The van der Waals surface area contributed by atoms with Gasteiger partial charge in [-0.15, -0.1) is 0 Å². The molecular formula is C14H9ClF3NO. The number of amides is 1. The molecule has 2 rings (SSSR count). The van der Waals surface area contributed by atoms with Crippen LogP contribution in [0.2, 0.25) is 5.02 Å². The summed E-state index contributed by atoms with van der Waals surface area (Å²) in [6, 6.07) is 6.72. The average Bonchev–Trinajstić information content (AvgIpc) is 2.35. The van der Waals surface area contributed by atoms with Crippen molar-refractivity contribution >= 4 is 17.5 Å². The third-order valence-corrected chi connectivity index (χ3v) is 2.88. The number of hydrogen-bond donors (Lipinski definition) is 1. The lowest BCUT2D eigenvalue weighted by atomic mass is 10.1. The smallest absolute Gasteiger partial charge is 0.256 e. The van der Waals surface area contributed by atoms with Crippen molar-refractivity contribution in [3.63, 3.8) is 0 Å². The fourth-order valence-electron chi connectivity index (χ4n) is 1.70. The van der Waals surface area contributed by atoms with E-state index < -0.39 is 23.4 Å². The first-order valence-electron chi connectivity index (χ1n) is 5.64. The van der Waals surface area contributed by atoms with E-state index in [1.165, 1.54) is 12.1 Å². The third kappa shape index (κ3) is 3.30. The summed E-state index contributed by atoms with van der Waals surface area (Å²) in [7, 11) is 0. The molecule has 2 aromatic carbocycles. The second kappa shape index (κ2) is 5.96. The Morgan fingerprint density at radius 1 is 1.10 bits per heavy atom. The van der Waals surface area contributed by atoms with E-state index in [2.05, 4.69) is 5.32 Å². The highest BCUT2D eigenvalue weighted by atomic mass is 35.5. The van der Waals surface area contributed by atoms with E-state index in [9.17, 15) is 18.0 Å². The quantitative estimate of drug-likeness (QED) is 0.920. The monoisotopic (exact) mass is 299 g/mol. The number of rotatable bonds is 3. The second-order valence-corrected chi connectivity index (χ2v) is 4.46. The topological polar surface area (TPSA) is 29.1 Å². The van der Waals surface area contributed by atoms with E-state index >= 15 is 0 Å². The van der Waals surface area contributed by atoms with Crippen LogP contribution in [0, 0.1) is 17.5 Å². The highest BCUT2D eigenvalue weighted by Crippen LogP contribution is 2.18. The minimum atomic E-state index is -0.763. The molecule has 104 valence electrons. The summed E-state index contributed by atoms with van der Waals surface area (Å²) in [4.78, 5) is 11.8. The van der Waals surface area contributed by atoms with Gasteiger partial charge < -0.3 is 5.32 Å². The van der Waals surface area contributed by atoms with E-state index in [4.69, 9.17) is 11.6 Å². The summed E-state index contributed by atoms with van der Waals surface area (Å²) >= 11 is 5.74. The van der Waals surface area contributed by atoms with Gasteiger partial charge in [-0.05, 0) is 29.8 Å². The molecule has 0 aromatic heterocycles. The molecule has 0 saturated heterocycles. The molecule has 0 atom stereocenters. The first kappa shape index (κ1) is 14.4. The molecule has 0 unspecified atom stereocenters. The van der Waals surface area contributed by atoms with Gasteiger partial charge in [-0.25, -0.2) is 13.2 Å². The SMILES string of the molecule is O=C(NCc1cc(F)cc(F)c1)c1c(F)cccc1Cl. The maximum absolute atomic E-state index is 13.5. The van der Waals surface area contributed by atoms with Crippen molar-refractivity contribution in [2.45, 2.75) is 6.54 Å². The predicted molar refractivity (Wildman–Crippen MR) is 68.9 cm³/mol. The standard InChI is InChI=1S/C14H9ClF3NO/c15-11-2-1-3-12(18)13(11)14(20)19-7-8-4-9(16)6-10(17)5-8/h1-6H,7H2,(H,19,20). The molecule has 0 bridgehead atoms. The fraction of sp³-hybridized carbons (Fsp3) is 0.0714. The predicted octanol–water partition coefficient (Wildman–Crippen LogP) is 3.69. The highest BCUT2D eigenvalue weighted by molar-refractivity contribution is 6.33. The van der Waals surface area contributed by atoms with Crippen LogP contribution in [0.5, 0.6) is 0 Å². The fourth-order valence-corrected chi connectivity index (χ4v) is 1.95. The Morgan fingerprint density at radius 3 is 2.35 bits per heavy atom. The van der Waals surface area contributed by atoms with Crippen LogP contribution < -0.4 is 5.32 Å². The van der Waals surface area contributed by atoms with Gasteiger partial charge in [-0.1, -0.05) is 17.7 Å². The van der Waals surface area contributed by atoms with Gasteiger partial charge in [-0.3, -0.25) is 4.79 Å². The Kier molecular flexibility index (Phi) is 4.29. The largest absolute Gasteiger partial charge is 0.348 e. The third-order valence-electron chi connectivity index (χ3n) is 2.57. The maximum atomic E-state index is 13.5. The van der Waals surface area contributed by atoms with Crippen molar-refractivity contribution < 1.29 is 18.0 Å². The van der Waals surface area contributed by atoms with Crippen LogP contribution in [0.15, 0.2) is 36.4 Å². The lowest BCUT2D eigenvalue weighted by molar-refractivity contribution is 0.0947. The van der Waals surface area contributed by atoms with E-state index in [0.717, 1.165) is 24.3 Å². The molecule has 2 aromatic rings. The number of hydrogen-bond acceptors (Lipinski definition) is 1. The second-order valence-electron chi connectivity index (χ2n) is 4.06. The Morgan fingerprint density at radius 2 is 1.75 bits per heavy atom.